The lowest BCUT2D eigenvalue weighted by atomic mass is 10.2. The standard InChI is InChI=1S/C15H15F3N2O/c1-2-5-21-15-8-14(13(19)7-12(15)18)20-9-3-4-10(16)11(17)6-9/h3-4,6-8,20H,2,5,19H2,1H3. The Morgan fingerprint density at radius 1 is 1.05 bits per heavy atom. The van der Waals surface area contributed by atoms with Crippen LogP contribution in [0.3, 0.4) is 0 Å². The van der Waals surface area contributed by atoms with Crippen molar-refractivity contribution in [2.75, 3.05) is 17.7 Å². The molecular formula is C15H15F3N2O. The van der Waals surface area contributed by atoms with E-state index in [2.05, 4.69) is 5.32 Å². The monoisotopic (exact) mass is 296 g/mol. The highest BCUT2D eigenvalue weighted by Crippen LogP contribution is 2.31. The Kier molecular flexibility index (Phi) is 4.57. The molecule has 0 unspecified atom stereocenters. The minimum absolute atomic E-state index is 0.0520. The van der Waals surface area contributed by atoms with Crippen molar-refractivity contribution in [3.63, 3.8) is 0 Å². The summed E-state index contributed by atoms with van der Waals surface area (Å²) in [5, 5.41) is 2.81. The zero-order chi connectivity index (χ0) is 15.4. The molecule has 2 aromatic rings. The van der Waals surface area contributed by atoms with E-state index in [1.54, 1.807) is 0 Å². The van der Waals surface area contributed by atoms with Crippen LogP contribution in [0.15, 0.2) is 30.3 Å². The van der Waals surface area contributed by atoms with E-state index in [1.165, 1.54) is 12.1 Å². The predicted octanol–water partition coefficient (Wildman–Crippen LogP) is 4.22. The number of halogens is 3. The van der Waals surface area contributed by atoms with Gasteiger partial charge in [-0.1, -0.05) is 6.92 Å². The van der Waals surface area contributed by atoms with Crippen LogP contribution in [-0.2, 0) is 0 Å². The SMILES string of the molecule is CCCOc1cc(Nc2ccc(F)c(F)c2)c(N)cc1F. The van der Waals surface area contributed by atoms with Gasteiger partial charge < -0.3 is 15.8 Å². The van der Waals surface area contributed by atoms with Crippen LogP contribution in [0.25, 0.3) is 0 Å². The largest absolute Gasteiger partial charge is 0.490 e. The first-order valence-corrected chi connectivity index (χ1v) is 6.45. The van der Waals surface area contributed by atoms with Crippen molar-refractivity contribution in [1.29, 1.82) is 0 Å². The lowest BCUT2D eigenvalue weighted by molar-refractivity contribution is 0.301. The second-order valence-electron chi connectivity index (χ2n) is 4.47. The predicted molar refractivity (Wildman–Crippen MR) is 76.2 cm³/mol. The highest BCUT2D eigenvalue weighted by atomic mass is 19.2. The molecule has 0 fully saturated rings. The van der Waals surface area contributed by atoms with Gasteiger partial charge in [0.25, 0.3) is 0 Å². The minimum atomic E-state index is -0.983. The number of nitrogens with one attached hydrogen (secondary N) is 1. The Labute approximate surface area is 120 Å². The maximum Gasteiger partial charge on any atom is 0.167 e. The highest BCUT2D eigenvalue weighted by molar-refractivity contribution is 5.74. The molecule has 3 nitrogen and oxygen atoms in total. The van der Waals surface area contributed by atoms with E-state index >= 15 is 0 Å². The van der Waals surface area contributed by atoms with E-state index in [-0.39, 0.29) is 11.4 Å². The molecule has 0 heterocycles. The molecule has 2 aromatic carbocycles. The van der Waals surface area contributed by atoms with Crippen molar-refractivity contribution in [3.05, 3.63) is 47.8 Å². The summed E-state index contributed by atoms with van der Waals surface area (Å²) in [6, 6.07) is 5.85. The summed E-state index contributed by atoms with van der Waals surface area (Å²) in [6.45, 7) is 2.26. The van der Waals surface area contributed by atoms with Gasteiger partial charge in [0.1, 0.15) is 0 Å². The van der Waals surface area contributed by atoms with Crippen LogP contribution in [-0.4, -0.2) is 6.61 Å². The number of anilines is 3. The van der Waals surface area contributed by atoms with E-state index in [4.69, 9.17) is 10.5 Å². The number of ether oxygens (including phenoxy) is 1. The van der Waals surface area contributed by atoms with Crippen molar-refractivity contribution in [1.82, 2.24) is 0 Å². The van der Waals surface area contributed by atoms with Gasteiger partial charge in [0.2, 0.25) is 0 Å². The second-order valence-corrected chi connectivity index (χ2v) is 4.47. The maximum atomic E-state index is 13.7. The summed E-state index contributed by atoms with van der Waals surface area (Å²) in [5.41, 5.74) is 6.50. The molecule has 0 bridgehead atoms. The Morgan fingerprint density at radius 2 is 1.81 bits per heavy atom. The van der Waals surface area contributed by atoms with E-state index in [9.17, 15) is 13.2 Å². The molecule has 112 valence electrons. The topological polar surface area (TPSA) is 47.3 Å². The third-order valence-electron chi connectivity index (χ3n) is 2.76. The van der Waals surface area contributed by atoms with Gasteiger partial charge in [-0.2, -0.15) is 0 Å². The van der Waals surface area contributed by atoms with E-state index in [1.807, 2.05) is 6.92 Å². The smallest absolute Gasteiger partial charge is 0.167 e. The van der Waals surface area contributed by atoms with Crippen LogP contribution in [0.1, 0.15) is 13.3 Å². The van der Waals surface area contributed by atoms with Gasteiger partial charge in [0.05, 0.1) is 18.0 Å². The molecule has 0 saturated carbocycles. The van der Waals surface area contributed by atoms with Crippen LogP contribution in [0.5, 0.6) is 5.75 Å². The van der Waals surface area contributed by atoms with Crippen molar-refractivity contribution in [2.24, 2.45) is 0 Å². The van der Waals surface area contributed by atoms with Crippen LogP contribution in [0, 0.1) is 17.5 Å². The molecule has 0 aliphatic heterocycles. The number of benzene rings is 2. The Hall–Kier alpha value is -2.37. The maximum absolute atomic E-state index is 13.7. The lowest BCUT2D eigenvalue weighted by Crippen LogP contribution is -2.02. The van der Waals surface area contributed by atoms with E-state index < -0.39 is 17.5 Å². The van der Waals surface area contributed by atoms with Gasteiger partial charge in [0, 0.05) is 23.9 Å². The minimum Gasteiger partial charge on any atom is -0.490 e. The molecule has 0 spiro atoms. The quantitative estimate of drug-likeness (QED) is 0.812. The van der Waals surface area contributed by atoms with Crippen molar-refractivity contribution in [2.45, 2.75) is 13.3 Å². The van der Waals surface area contributed by atoms with Crippen molar-refractivity contribution in [3.8, 4) is 5.75 Å². The van der Waals surface area contributed by atoms with Crippen LogP contribution >= 0.6 is 0 Å². The molecule has 6 heteroatoms. The third-order valence-corrected chi connectivity index (χ3v) is 2.76. The average Bonchev–Trinajstić information content (AvgIpc) is 2.44. The second kappa shape index (κ2) is 6.39. The average molecular weight is 296 g/mol. The molecule has 0 aliphatic carbocycles. The molecule has 0 atom stereocenters. The fraction of sp³-hybridized carbons (Fsp3) is 0.200. The fourth-order valence-corrected chi connectivity index (χ4v) is 1.73. The van der Waals surface area contributed by atoms with Crippen LogP contribution < -0.4 is 15.8 Å². The first-order valence-electron chi connectivity index (χ1n) is 6.45. The normalized spacial score (nSPS) is 10.5. The lowest BCUT2D eigenvalue weighted by Gasteiger charge is -2.13. The summed E-state index contributed by atoms with van der Waals surface area (Å²) < 4.78 is 45.0. The van der Waals surface area contributed by atoms with Crippen LogP contribution in [0.4, 0.5) is 30.2 Å². The van der Waals surface area contributed by atoms with E-state index in [0.717, 1.165) is 24.6 Å². The summed E-state index contributed by atoms with van der Waals surface area (Å²) in [5.74, 6) is -2.45. The van der Waals surface area contributed by atoms with Gasteiger partial charge in [-0.25, -0.2) is 13.2 Å². The molecule has 0 amide bonds. The summed E-state index contributed by atoms with van der Waals surface area (Å²) in [6.07, 6.45) is 0.732. The first kappa shape index (κ1) is 15.0. The molecule has 0 aromatic heterocycles. The molecular weight excluding hydrogens is 281 g/mol. The summed E-state index contributed by atoms with van der Waals surface area (Å²) in [7, 11) is 0. The molecule has 3 N–H and O–H groups in total. The Bertz CT molecular complexity index is 647. The number of hydrogen-bond acceptors (Lipinski definition) is 3. The summed E-state index contributed by atoms with van der Waals surface area (Å²) in [4.78, 5) is 0. The number of hydrogen-bond donors (Lipinski definition) is 2. The summed E-state index contributed by atoms with van der Waals surface area (Å²) >= 11 is 0. The van der Waals surface area contributed by atoms with Crippen molar-refractivity contribution < 1.29 is 17.9 Å². The zero-order valence-corrected chi connectivity index (χ0v) is 11.4. The highest BCUT2D eigenvalue weighted by Gasteiger charge is 2.10. The molecule has 0 aliphatic rings. The number of nitrogen functional groups attached to an aromatic ring is 1. The molecule has 21 heavy (non-hydrogen) atoms. The molecule has 0 radical (unpaired) electrons. The molecule has 2 rings (SSSR count). The van der Waals surface area contributed by atoms with Gasteiger partial charge in [-0.05, 0) is 18.6 Å². The zero-order valence-electron chi connectivity index (χ0n) is 11.4. The first-order chi connectivity index (χ1) is 10.0. The fourth-order valence-electron chi connectivity index (χ4n) is 1.73. The van der Waals surface area contributed by atoms with E-state index in [0.29, 0.717) is 18.0 Å². The number of nitrogens with two attached hydrogens (primary N) is 1. The Morgan fingerprint density at radius 3 is 2.48 bits per heavy atom. The van der Waals surface area contributed by atoms with Gasteiger partial charge in [0.15, 0.2) is 23.2 Å². The molecule has 0 saturated heterocycles. The van der Waals surface area contributed by atoms with Crippen molar-refractivity contribution >= 4 is 17.1 Å². The number of rotatable bonds is 5. The van der Waals surface area contributed by atoms with Gasteiger partial charge in [-0.15, -0.1) is 0 Å². The van der Waals surface area contributed by atoms with Gasteiger partial charge >= 0.3 is 0 Å². The van der Waals surface area contributed by atoms with Crippen LogP contribution in [0.2, 0.25) is 0 Å². The Balaban J connectivity index is 2.28. The third kappa shape index (κ3) is 3.59. The van der Waals surface area contributed by atoms with Gasteiger partial charge in [-0.3, -0.25) is 0 Å².